The summed E-state index contributed by atoms with van der Waals surface area (Å²) < 4.78 is 44.9. The zero-order valence-electron chi connectivity index (χ0n) is 15.7. The smallest absolute Gasteiger partial charge is 0.311 e. The molecule has 0 heterocycles. The van der Waals surface area contributed by atoms with E-state index in [4.69, 9.17) is 4.74 Å². The summed E-state index contributed by atoms with van der Waals surface area (Å²) in [6.07, 6.45) is -0.944. The molecule has 0 aliphatic carbocycles. The second-order valence-corrected chi connectivity index (χ2v) is 7.98. The average Bonchev–Trinajstić information content (AvgIpc) is 2.62. The highest BCUT2D eigenvalue weighted by Gasteiger charge is 2.19. The summed E-state index contributed by atoms with van der Waals surface area (Å²) >= 11 is 0. The molecule has 0 unspecified atom stereocenters. The number of sulfonamides is 1. The third kappa shape index (κ3) is 5.78. The van der Waals surface area contributed by atoms with Gasteiger partial charge in [-0.1, -0.05) is 12.1 Å². The van der Waals surface area contributed by atoms with Gasteiger partial charge in [-0.05, 0) is 48.9 Å². The zero-order chi connectivity index (χ0) is 20.9. The van der Waals surface area contributed by atoms with Gasteiger partial charge >= 0.3 is 5.97 Å². The molecule has 2 aromatic carbocycles. The van der Waals surface area contributed by atoms with E-state index in [0.717, 1.165) is 24.3 Å². The van der Waals surface area contributed by atoms with E-state index in [9.17, 15) is 22.4 Å². The molecule has 0 aromatic heterocycles. The van der Waals surface area contributed by atoms with Crippen LogP contribution in [0.2, 0.25) is 0 Å². The molecule has 1 amide bonds. The Bertz CT molecular complexity index is 941. The van der Waals surface area contributed by atoms with Gasteiger partial charge in [-0.2, -0.15) is 0 Å². The molecular formula is C19H21FN2O5S. The summed E-state index contributed by atoms with van der Waals surface area (Å²) in [6, 6.07) is 10.6. The predicted octanol–water partition coefficient (Wildman–Crippen LogP) is 2.19. The third-order valence-electron chi connectivity index (χ3n) is 3.78. The molecule has 1 atom stereocenters. The highest BCUT2D eigenvalue weighted by atomic mass is 32.2. The Morgan fingerprint density at radius 3 is 2.18 bits per heavy atom. The van der Waals surface area contributed by atoms with E-state index in [0.29, 0.717) is 5.56 Å². The quantitative estimate of drug-likeness (QED) is 0.709. The van der Waals surface area contributed by atoms with E-state index in [1.54, 1.807) is 26.2 Å². The molecule has 0 saturated heterocycles. The van der Waals surface area contributed by atoms with Crippen LogP contribution in [0.3, 0.4) is 0 Å². The number of carbonyl (C=O) groups is 2. The number of anilines is 1. The first kappa shape index (κ1) is 21.4. The number of nitrogens with one attached hydrogen (secondary N) is 1. The predicted molar refractivity (Wildman–Crippen MR) is 102 cm³/mol. The van der Waals surface area contributed by atoms with Crippen molar-refractivity contribution in [2.75, 3.05) is 18.8 Å². The first-order valence-corrected chi connectivity index (χ1v) is 9.85. The molecule has 150 valence electrons. The van der Waals surface area contributed by atoms with E-state index in [2.05, 4.69) is 4.72 Å². The van der Waals surface area contributed by atoms with Crippen LogP contribution < -0.4 is 4.72 Å². The van der Waals surface area contributed by atoms with E-state index < -0.39 is 27.9 Å². The molecule has 2 aromatic rings. The van der Waals surface area contributed by atoms with Crippen molar-refractivity contribution in [1.29, 1.82) is 0 Å². The second kappa shape index (κ2) is 8.83. The Morgan fingerprint density at radius 1 is 1.07 bits per heavy atom. The molecule has 0 radical (unpaired) electrons. The van der Waals surface area contributed by atoms with Gasteiger partial charge in [0.15, 0.2) is 6.10 Å². The number of nitrogens with zero attached hydrogens (tertiary/aromatic N) is 1. The number of halogens is 1. The van der Waals surface area contributed by atoms with Crippen LogP contribution in [0, 0.1) is 5.82 Å². The Morgan fingerprint density at radius 2 is 1.64 bits per heavy atom. The first-order valence-electron chi connectivity index (χ1n) is 8.36. The van der Waals surface area contributed by atoms with E-state index in [-0.39, 0.29) is 22.9 Å². The van der Waals surface area contributed by atoms with Crippen molar-refractivity contribution >= 4 is 27.6 Å². The van der Waals surface area contributed by atoms with Gasteiger partial charge in [0.25, 0.3) is 15.9 Å². The summed E-state index contributed by atoms with van der Waals surface area (Å²) in [5, 5.41) is 0. The molecule has 0 aliphatic rings. The molecule has 0 saturated carbocycles. The number of hydrogen-bond donors (Lipinski definition) is 1. The number of esters is 1. The lowest BCUT2D eigenvalue weighted by molar-refractivity contribution is -0.157. The first-order chi connectivity index (χ1) is 13.1. The maximum Gasteiger partial charge on any atom is 0.311 e. The van der Waals surface area contributed by atoms with Crippen LogP contribution >= 0.6 is 0 Å². The van der Waals surface area contributed by atoms with Gasteiger partial charge in [0.05, 0.1) is 11.3 Å². The van der Waals surface area contributed by atoms with Crippen molar-refractivity contribution in [2.24, 2.45) is 0 Å². The Balaban J connectivity index is 1.98. The topological polar surface area (TPSA) is 92.8 Å². The third-order valence-corrected chi connectivity index (χ3v) is 5.17. The summed E-state index contributed by atoms with van der Waals surface area (Å²) in [6.45, 7) is 1.49. The van der Waals surface area contributed by atoms with Crippen molar-refractivity contribution in [3.8, 4) is 0 Å². The molecule has 0 fully saturated rings. The molecule has 2 rings (SSSR count). The van der Waals surface area contributed by atoms with Crippen LogP contribution in [0.25, 0.3) is 0 Å². The normalized spacial score (nSPS) is 12.1. The number of benzene rings is 2. The molecule has 0 bridgehead atoms. The Labute approximate surface area is 163 Å². The van der Waals surface area contributed by atoms with Crippen LogP contribution in [0.15, 0.2) is 53.4 Å². The number of hydrogen-bond acceptors (Lipinski definition) is 5. The lowest BCUT2D eigenvalue weighted by atomic mass is 10.1. The minimum absolute atomic E-state index is 0.0595. The molecule has 0 aliphatic heterocycles. The monoisotopic (exact) mass is 408 g/mol. The van der Waals surface area contributed by atoms with Gasteiger partial charge < -0.3 is 9.64 Å². The van der Waals surface area contributed by atoms with Crippen molar-refractivity contribution in [1.82, 2.24) is 4.90 Å². The maximum absolute atomic E-state index is 12.9. The summed E-state index contributed by atoms with van der Waals surface area (Å²) in [4.78, 5) is 24.9. The lowest BCUT2D eigenvalue weighted by Gasteiger charge is -2.17. The van der Waals surface area contributed by atoms with Crippen LogP contribution in [-0.4, -0.2) is 45.4 Å². The number of ether oxygens (including phenoxy) is 1. The molecule has 1 N–H and O–H groups in total. The van der Waals surface area contributed by atoms with E-state index >= 15 is 0 Å². The van der Waals surface area contributed by atoms with E-state index in [1.165, 1.54) is 24.0 Å². The largest absolute Gasteiger partial charge is 0.452 e. The van der Waals surface area contributed by atoms with Crippen LogP contribution in [0.4, 0.5) is 10.1 Å². The molecular weight excluding hydrogens is 387 g/mol. The fourth-order valence-corrected chi connectivity index (χ4v) is 3.40. The summed E-state index contributed by atoms with van der Waals surface area (Å²) in [5.41, 5.74) is 0.886. The van der Waals surface area contributed by atoms with Crippen molar-refractivity contribution in [3.05, 3.63) is 59.9 Å². The van der Waals surface area contributed by atoms with Crippen LogP contribution in [0.1, 0.15) is 12.5 Å². The van der Waals surface area contributed by atoms with Gasteiger partial charge in [-0.3, -0.25) is 14.3 Å². The lowest BCUT2D eigenvalue weighted by Crippen LogP contribution is -2.35. The van der Waals surface area contributed by atoms with Gasteiger partial charge in [0, 0.05) is 19.8 Å². The average molecular weight is 408 g/mol. The van der Waals surface area contributed by atoms with Crippen LogP contribution in [0.5, 0.6) is 0 Å². The van der Waals surface area contributed by atoms with Crippen LogP contribution in [-0.2, 0) is 30.8 Å². The van der Waals surface area contributed by atoms with Gasteiger partial charge in [0.1, 0.15) is 5.82 Å². The molecule has 9 heteroatoms. The highest BCUT2D eigenvalue weighted by Crippen LogP contribution is 2.17. The molecule has 0 spiro atoms. The fraction of sp³-hybridized carbons (Fsp3) is 0.263. The van der Waals surface area contributed by atoms with Gasteiger partial charge in [-0.15, -0.1) is 0 Å². The number of rotatable bonds is 7. The SMILES string of the molecule is C[C@H](OC(=O)Cc1ccc(NS(=O)(=O)c2ccc(F)cc2)cc1)C(=O)N(C)C. The number of carbonyl (C=O) groups excluding carboxylic acids is 2. The minimum atomic E-state index is -3.85. The second-order valence-electron chi connectivity index (χ2n) is 6.30. The van der Waals surface area contributed by atoms with Gasteiger partial charge in [0.2, 0.25) is 0 Å². The Hall–Kier alpha value is -2.94. The zero-order valence-corrected chi connectivity index (χ0v) is 16.5. The van der Waals surface area contributed by atoms with Crippen molar-refractivity contribution < 1.29 is 27.1 Å². The fourth-order valence-electron chi connectivity index (χ4n) is 2.34. The van der Waals surface area contributed by atoms with Crippen molar-refractivity contribution in [3.63, 3.8) is 0 Å². The standard InChI is InChI=1S/C19H21FN2O5S/c1-13(19(24)22(2)3)27-18(23)12-14-4-8-16(9-5-14)21-28(25,26)17-10-6-15(20)7-11-17/h4-11,13,21H,12H2,1-3H3/t13-/m0/s1. The number of amides is 1. The highest BCUT2D eigenvalue weighted by molar-refractivity contribution is 7.92. The maximum atomic E-state index is 12.9. The number of likely N-dealkylation sites (N-methyl/N-ethyl adjacent to an activating group) is 1. The Kier molecular flexibility index (Phi) is 6.74. The summed E-state index contributed by atoms with van der Waals surface area (Å²) in [5.74, 6) is -1.42. The van der Waals surface area contributed by atoms with E-state index in [1.807, 2.05) is 0 Å². The minimum Gasteiger partial charge on any atom is -0.452 e. The van der Waals surface area contributed by atoms with Crippen molar-refractivity contribution in [2.45, 2.75) is 24.3 Å². The molecule has 28 heavy (non-hydrogen) atoms. The summed E-state index contributed by atoms with van der Waals surface area (Å²) in [7, 11) is -0.714. The van der Waals surface area contributed by atoms with Gasteiger partial charge in [-0.25, -0.2) is 12.8 Å². The molecule has 7 nitrogen and oxygen atoms in total.